The van der Waals surface area contributed by atoms with Crippen molar-refractivity contribution in [1.82, 2.24) is 29.8 Å². The molecule has 1 aromatic carbocycles. The molecule has 182 valence electrons. The van der Waals surface area contributed by atoms with Crippen LogP contribution >= 0.6 is 0 Å². The van der Waals surface area contributed by atoms with Crippen LogP contribution in [0.4, 0.5) is 19.0 Å². The molecule has 10 nitrogen and oxygen atoms in total. The fraction of sp³-hybridized carbons (Fsp3) is 0.364. The summed E-state index contributed by atoms with van der Waals surface area (Å²) in [5, 5.41) is 11.2. The number of fused-ring (bicyclic) bond motifs is 2. The molecular weight excluding hydrogens is 467 g/mol. The number of ether oxygens (including phenoxy) is 1. The number of para-hydroxylation sites is 1. The van der Waals surface area contributed by atoms with E-state index in [-0.39, 0.29) is 29.6 Å². The lowest BCUT2D eigenvalue weighted by molar-refractivity contribution is -0.151. The Labute approximate surface area is 195 Å². The molecule has 4 heterocycles. The summed E-state index contributed by atoms with van der Waals surface area (Å²) in [6, 6.07) is 8.29. The second-order valence-electron chi connectivity index (χ2n) is 8.34. The van der Waals surface area contributed by atoms with Crippen molar-refractivity contribution in [2.75, 3.05) is 18.0 Å². The quantitative estimate of drug-likeness (QED) is 0.437. The van der Waals surface area contributed by atoms with E-state index < -0.39 is 18.0 Å². The van der Waals surface area contributed by atoms with Gasteiger partial charge in [0.1, 0.15) is 18.2 Å². The average molecular weight is 487 g/mol. The number of anilines is 1. The predicted molar refractivity (Wildman–Crippen MR) is 118 cm³/mol. The van der Waals surface area contributed by atoms with E-state index >= 15 is 0 Å². The first-order valence-corrected chi connectivity index (χ1v) is 10.9. The van der Waals surface area contributed by atoms with E-state index in [9.17, 15) is 22.8 Å². The Hall–Kier alpha value is -4.03. The van der Waals surface area contributed by atoms with Gasteiger partial charge in [0, 0.05) is 13.1 Å². The van der Waals surface area contributed by atoms with E-state index in [4.69, 9.17) is 4.74 Å². The summed E-state index contributed by atoms with van der Waals surface area (Å²) < 4.78 is 45.5. The van der Waals surface area contributed by atoms with Gasteiger partial charge in [0.15, 0.2) is 5.65 Å². The average Bonchev–Trinajstić information content (AvgIpc) is 3.27. The maximum atomic E-state index is 13.1. The number of rotatable bonds is 4. The van der Waals surface area contributed by atoms with E-state index in [1.807, 2.05) is 13.0 Å². The molecule has 0 amide bonds. The lowest BCUT2D eigenvalue weighted by atomic mass is 9.97. The monoisotopic (exact) mass is 487 g/mol. The number of piperidine rings is 1. The third-order valence-electron chi connectivity index (χ3n) is 5.99. The van der Waals surface area contributed by atoms with Gasteiger partial charge in [-0.1, -0.05) is 12.1 Å². The number of hydrogen-bond acceptors (Lipinski definition) is 8. The number of halogens is 3. The molecule has 1 aliphatic heterocycles. The van der Waals surface area contributed by atoms with Crippen molar-refractivity contribution in [2.45, 2.75) is 32.5 Å². The van der Waals surface area contributed by atoms with Crippen LogP contribution in [0.2, 0.25) is 0 Å². The van der Waals surface area contributed by atoms with Crippen molar-refractivity contribution in [3.63, 3.8) is 0 Å². The summed E-state index contributed by atoms with van der Waals surface area (Å²) in [5.41, 5.74) is 1.09. The van der Waals surface area contributed by atoms with Gasteiger partial charge >= 0.3 is 12.1 Å². The fourth-order valence-electron chi connectivity index (χ4n) is 4.15. The number of carbonyl (C=O) groups excluding carboxylic acids is 1. The fourth-order valence-corrected chi connectivity index (χ4v) is 4.15. The number of hydrogen-bond donors (Lipinski definition) is 1. The van der Waals surface area contributed by atoms with Gasteiger partial charge in [-0.25, -0.2) is 4.98 Å². The Morgan fingerprint density at radius 2 is 1.94 bits per heavy atom. The number of alkyl halides is 3. The van der Waals surface area contributed by atoms with E-state index in [0.29, 0.717) is 47.2 Å². The number of aromatic nitrogens is 6. The number of carbonyl (C=O) groups is 1. The second-order valence-corrected chi connectivity index (χ2v) is 8.34. The molecule has 0 radical (unpaired) electrons. The van der Waals surface area contributed by atoms with Crippen LogP contribution in [0.1, 0.15) is 30.1 Å². The molecule has 3 aromatic heterocycles. The SMILES string of the molecule is Cc1cccc2c(=O)[nH]c(COC(=O)C3CCN(c4ccc5nnc(C(F)(F)F)n5n4)CC3)nc12. The van der Waals surface area contributed by atoms with Gasteiger partial charge in [0.05, 0.1) is 16.8 Å². The normalized spacial score (nSPS) is 15.1. The predicted octanol–water partition coefficient (Wildman–Crippen LogP) is 2.65. The van der Waals surface area contributed by atoms with Crippen LogP contribution in [0.5, 0.6) is 0 Å². The van der Waals surface area contributed by atoms with Gasteiger partial charge in [0.2, 0.25) is 0 Å². The van der Waals surface area contributed by atoms with Crippen LogP contribution in [-0.4, -0.2) is 48.8 Å². The standard InChI is InChI=1S/C22H20F3N7O3/c1-12-3-2-4-14-18(12)26-15(27-19(14)33)11-35-20(34)13-7-9-31(10-8-13)17-6-5-16-28-29-21(22(23,24)25)32(16)30-17/h2-6,13H,7-11H2,1H3,(H,26,27,33). The maximum Gasteiger partial charge on any atom is 0.453 e. The van der Waals surface area contributed by atoms with E-state index in [0.717, 1.165) is 5.56 Å². The number of aromatic amines is 1. The van der Waals surface area contributed by atoms with Gasteiger partial charge in [-0.05, 0) is 43.5 Å². The van der Waals surface area contributed by atoms with Crippen molar-refractivity contribution in [2.24, 2.45) is 5.92 Å². The largest absolute Gasteiger partial charge is 0.457 e. The van der Waals surface area contributed by atoms with Gasteiger partial charge in [0.25, 0.3) is 11.4 Å². The van der Waals surface area contributed by atoms with Crippen molar-refractivity contribution < 1.29 is 22.7 Å². The summed E-state index contributed by atoms with van der Waals surface area (Å²) in [5.74, 6) is -1.40. The molecule has 0 spiro atoms. The number of H-pyrrole nitrogens is 1. The highest BCUT2D eigenvalue weighted by Gasteiger charge is 2.38. The molecule has 13 heteroatoms. The summed E-state index contributed by atoms with van der Waals surface area (Å²) in [7, 11) is 0. The Kier molecular flexibility index (Phi) is 5.61. The highest BCUT2D eigenvalue weighted by atomic mass is 19.4. The van der Waals surface area contributed by atoms with Gasteiger partial charge in [-0.2, -0.15) is 17.7 Å². The topological polar surface area (TPSA) is 118 Å². The third-order valence-corrected chi connectivity index (χ3v) is 5.99. The number of aryl methyl sites for hydroxylation is 1. The van der Waals surface area contributed by atoms with Crippen molar-refractivity contribution in [1.29, 1.82) is 0 Å². The number of nitrogens with one attached hydrogen (secondary N) is 1. The smallest absolute Gasteiger partial charge is 0.453 e. The second kappa shape index (κ2) is 8.64. The van der Waals surface area contributed by atoms with Crippen molar-refractivity contribution in [3.8, 4) is 0 Å². The molecule has 0 bridgehead atoms. The summed E-state index contributed by atoms with van der Waals surface area (Å²) >= 11 is 0. The van der Waals surface area contributed by atoms with Gasteiger partial charge < -0.3 is 14.6 Å². The molecule has 0 atom stereocenters. The van der Waals surface area contributed by atoms with Crippen LogP contribution in [0, 0.1) is 12.8 Å². The molecule has 5 rings (SSSR count). The van der Waals surface area contributed by atoms with E-state index in [1.165, 1.54) is 6.07 Å². The zero-order valence-electron chi connectivity index (χ0n) is 18.5. The van der Waals surface area contributed by atoms with Crippen LogP contribution in [-0.2, 0) is 22.3 Å². The van der Waals surface area contributed by atoms with E-state index in [2.05, 4.69) is 25.3 Å². The highest BCUT2D eigenvalue weighted by Crippen LogP contribution is 2.29. The molecule has 0 aliphatic carbocycles. The molecule has 1 saturated heterocycles. The molecular formula is C22H20F3N7O3. The summed E-state index contributed by atoms with van der Waals surface area (Å²) in [6.07, 6.45) is -3.80. The van der Waals surface area contributed by atoms with Crippen molar-refractivity contribution >= 4 is 28.3 Å². The number of benzene rings is 1. The summed E-state index contributed by atoms with van der Waals surface area (Å²) in [6.45, 7) is 2.50. The van der Waals surface area contributed by atoms with Crippen LogP contribution in [0.25, 0.3) is 16.6 Å². The van der Waals surface area contributed by atoms with Crippen LogP contribution in [0.15, 0.2) is 35.1 Å². The summed E-state index contributed by atoms with van der Waals surface area (Å²) in [4.78, 5) is 33.7. The minimum Gasteiger partial charge on any atom is -0.457 e. The molecule has 1 fully saturated rings. The van der Waals surface area contributed by atoms with Gasteiger partial charge in [-0.15, -0.1) is 15.3 Å². The Bertz CT molecular complexity index is 1470. The minimum atomic E-state index is -4.68. The molecule has 0 saturated carbocycles. The zero-order valence-corrected chi connectivity index (χ0v) is 18.5. The third kappa shape index (κ3) is 4.40. The van der Waals surface area contributed by atoms with Crippen LogP contribution in [0.3, 0.4) is 0 Å². The Morgan fingerprint density at radius 1 is 1.17 bits per heavy atom. The van der Waals surface area contributed by atoms with Crippen molar-refractivity contribution in [3.05, 3.63) is 57.9 Å². The Balaban J connectivity index is 1.22. The lowest BCUT2D eigenvalue weighted by Crippen LogP contribution is -2.37. The first-order chi connectivity index (χ1) is 16.7. The zero-order chi connectivity index (χ0) is 24.7. The molecule has 1 aliphatic rings. The highest BCUT2D eigenvalue weighted by molar-refractivity contribution is 5.80. The maximum absolute atomic E-state index is 13.1. The molecule has 0 unspecified atom stereocenters. The molecule has 4 aromatic rings. The Morgan fingerprint density at radius 3 is 2.69 bits per heavy atom. The van der Waals surface area contributed by atoms with Gasteiger partial charge in [-0.3, -0.25) is 9.59 Å². The molecule has 1 N–H and O–H groups in total. The minimum absolute atomic E-state index is 0.00456. The number of nitrogens with zero attached hydrogens (tertiary/aromatic N) is 6. The first kappa shape index (κ1) is 22.7. The van der Waals surface area contributed by atoms with Crippen LogP contribution < -0.4 is 10.5 Å². The van der Waals surface area contributed by atoms with E-state index in [1.54, 1.807) is 23.1 Å². The molecule has 35 heavy (non-hydrogen) atoms. The lowest BCUT2D eigenvalue weighted by Gasteiger charge is -2.31. The first-order valence-electron chi connectivity index (χ1n) is 10.9. The number of esters is 1.